The molecule has 0 saturated heterocycles. The van der Waals surface area contributed by atoms with Crippen LogP contribution in [0, 0.1) is 13.8 Å². The van der Waals surface area contributed by atoms with Gasteiger partial charge in [-0.05, 0) is 37.1 Å². The molecule has 1 aromatic heterocycles. The molecule has 0 fully saturated rings. The monoisotopic (exact) mass is 390 g/mol. The number of ether oxygens (including phenoxy) is 1. The Kier molecular flexibility index (Phi) is 5.87. The molecular weight excluding hydrogens is 364 g/mol. The second-order valence-corrected chi connectivity index (χ2v) is 8.44. The maximum absolute atomic E-state index is 5.95. The first-order chi connectivity index (χ1) is 13.7. The molecule has 0 radical (unpaired) electrons. The van der Waals surface area contributed by atoms with Gasteiger partial charge in [0.05, 0.1) is 6.04 Å². The topological polar surface area (TPSA) is 26.5 Å². The van der Waals surface area contributed by atoms with Crippen LogP contribution in [0.2, 0.25) is 0 Å². The van der Waals surface area contributed by atoms with Gasteiger partial charge in [0.25, 0.3) is 0 Å². The van der Waals surface area contributed by atoms with Crippen molar-refractivity contribution in [3.05, 3.63) is 94.8 Å². The SMILES string of the molecule is Cc1ccc(CSC[C@@H]2COC(c3cccn3Cc3cccc(C)c3)=N2)cc1. The summed E-state index contributed by atoms with van der Waals surface area (Å²) in [6, 6.07) is 21.8. The molecule has 0 aliphatic carbocycles. The standard InChI is InChI=1S/C24H26N2OS/c1-18-8-10-20(11-9-18)16-28-17-22-15-27-24(25-22)23-7-4-12-26(23)14-21-6-3-5-19(2)13-21/h3-13,22H,14-17H2,1-2H3/t22-/m0/s1. The molecule has 144 valence electrons. The molecule has 0 bridgehead atoms. The van der Waals surface area contributed by atoms with E-state index in [9.17, 15) is 0 Å². The number of aryl methyl sites for hydroxylation is 2. The van der Waals surface area contributed by atoms with Crippen LogP contribution >= 0.6 is 11.8 Å². The fraction of sp³-hybridized carbons (Fsp3) is 0.292. The molecule has 3 aromatic rings. The van der Waals surface area contributed by atoms with Crippen LogP contribution in [0.5, 0.6) is 0 Å². The maximum Gasteiger partial charge on any atom is 0.233 e. The first kappa shape index (κ1) is 18.9. The van der Waals surface area contributed by atoms with Gasteiger partial charge in [0.15, 0.2) is 0 Å². The fourth-order valence-corrected chi connectivity index (χ4v) is 4.38. The number of aliphatic imine (C=N–C) groups is 1. The zero-order chi connectivity index (χ0) is 19.3. The third-order valence-electron chi connectivity index (χ3n) is 4.90. The van der Waals surface area contributed by atoms with E-state index in [2.05, 4.69) is 85.3 Å². The normalized spacial score (nSPS) is 16.1. The van der Waals surface area contributed by atoms with Crippen molar-refractivity contribution in [2.45, 2.75) is 32.2 Å². The van der Waals surface area contributed by atoms with E-state index >= 15 is 0 Å². The molecule has 2 aromatic carbocycles. The second-order valence-electron chi connectivity index (χ2n) is 7.41. The summed E-state index contributed by atoms with van der Waals surface area (Å²) in [5.74, 6) is 2.78. The Labute approximate surface area is 171 Å². The first-order valence-electron chi connectivity index (χ1n) is 9.72. The molecule has 28 heavy (non-hydrogen) atoms. The highest BCUT2D eigenvalue weighted by Gasteiger charge is 2.22. The Balaban J connectivity index is 1.36. The third kappa shape index (κ3) is 4.68. The Morgan fingerprint density at radius 1 is 1.00 bits per heavy atom. The van der Waals surface area contributed by atoms with Crippen LogP contribution in [0.25, 0.3) is 0 Å². The van der Waals surface area contributed by atoms with E-state index < -0.39 is 0 Å². The van der Waals surface area contributed by atoms with Crippen molar-refractivity contribution in [1.82, 2.24) is 4.57 Å². The Morgan fingerprint density at radius 2 is 1.86 bits per heavy atom. The molecule has 3 nitrogen and oxygen atoms in total. The highest BCUT2D eigenvalue weighted by Crippen LogP contribution is 2.20. The van der Waals surface area contributed by atoms with Crippen molar-refractivity contribution >= 4 is 17.7 Å². The predicted octanol–water partition coefficient (Wildman–Crippen LogP) is 5.23. The smallest absolute Gasteiger partial charge is 0.233 e. The van der Waals surface area contributed by atoms with Crippen LogP contribution in [0.3, 0.4) is 0 Å². The molecule has 1 aliphatic rings. The maximum atomic E-state index is 5.95. The van der Waals surface area contributed by atoms with E-state index in [-0.39, 0.29) is 6.04 Å². The van der Waals surface area contributed by atoms with Gasteiger partial charge in [-0.15, -0.1) is 0 Å². The van der Waals surface area contributed by atoms with Gasteiger partial charge < -0.3 is 9.30 Å². The molecule has 1 atom stereocenters. The van der Waals surface area contributed by atoms with E-state index in [1.807, 2.05) is 11.8 Å². The summed E-state index contributed by atoms with van der Waals surface area (Å²) in [4.78, 5) is 4.85. The van der Waals surface area contributed by atoms with E-state index in [1.165, 1.54) is 22.3 Å². The molecule has 4 heteroatoms. The van der Waals surface area contributed by atoms with E-state index in [0.717, 1.165) is 29.6 Å². The zero-order valence-corrected chi connectivity index (χ0v) is 17.3. The van der Waals surface area contributed by atoms with Crippen molar-refractivity contribution in [1.29, 1.82) is 0 Å². The summed E-state index contributed by atoms with van der Waals surface area (Å²) >= 11 is 1.92. The number of aromatic nitrogens is 1. The van der Waals surface area contributed by atoms with Gasteiger partial charge in [-0.1, -0.05) is 59.7 Å². The van der Waals surface area contributed by atoms with Gasteiger partial charge in [-0.2, -0.15) is 11.8 Å². The highest BCUT2D eigenvalue weighted by molar-refractivity contribution is 7.98. The number of hydrogen-bond donors (Lipinski definition) is 0. The fourth-order valence-electron chi connectivity index (χ4n) is 3.39. The molecule has 0 unspecified atom stereocenters. The minimum Gasteiger partial charge on any atom is -0.474 e. The summed E-state index contributed by atoms with van der Waals surface area (Å²) < 4.78 is 8.16. The summed E-state index contributed by atoms with van der Waals surface area (Å²) in [5, 5.41) is 0. The van der Waals surface area contributed by atoms with Crippen molar-refractivity contribution in [3.63, 3.8) is 0 Å². The number of rotatable bonds is 7. The second kappa shape index (κ2) is 8.70. The summed E-state index contributed by atoms with van der Waals surface area (Å²) in [7, 11) is 0. The number of benzene rings is 2. The van der Waals surface area contributed by atoms with E-state index in [4.69, 9.17) is 9.73 Å². The van der Waals surface area contributed by atoms with Gasteiger partial charge in [0.2, 0.25) is 5.90 Å². The van der Waals surface area contributed by atoms with E-state index in [0.29, 0.717) is 6.61 Å². The Bertz CT molecular complexity index is 959. The largest absolute Gasteiger partial charge is 0.474 e. The van der Waals surface area contributed by atoms with E-state index in [1.54, 1.807) is 0 Å². The van der Waals surface area contributed by atoms with Gasteiger partial charge >= 0.3 is 0 Å². The Hall–Kier alpha value is -2.46. The molecule has 0 saturated carbocycles. The van der Waals surface area contributed by atoms with Crippen molar-refractivity contribution in [2.75, 3.05) is 12.4 Å². The first-order valence-corrected chi connectivity index (χ1v) is 10.9. The van der Waals surface area contributed by atoms with Crippen molar-refractivity contribution in [2.24, 2.45) is 4.99 Å². The minimum absolute atomic E-state index is 0.229. The van der Waals surface area contributed by atoms with Crippen LogP contribution in [0.4, 0.5) is 0 Å². The molecular formula is C24H26N2OS. The number of hydrogen-bond acceptors (Lipinski definition) is 3. The predicted molar refractivity (Wildman–Crippen MR) is 118 cm³/mol. The molecule has 0 N–H and O–H groups in total. The average molecular weight is 391 g/mol. The van der Waals surface area contributed by atoms with Crippen molar-refractivity contribution in [3.8, 4) is 0 Å². The molecule has 2 heterocycles. The lowest BCUT2D eigenvalue weighted by Gasteiger charge is -2.09. The highest BCUT2D eigenvalue weighted by atomic mass is 32.2. The molecule has 0 spiro atoms. The van der Waals surface area contributed by atoms with Gasteiger partial charge in [0.1, 0.15) is 12.3 Å². The van der Waals surface area contributed by atoms with Gasteiger partial charge in [-0.25, -0.2) is 4.99 Å². The van der Waals surface area contributed by atoms with Crippen LogP contribution in [0.15, 0.2) is 71.9 Å². The van der Waals surface area contributed by atoms with Crippen LogP contribution in [-0.2, 0) is 17.0 Å². The quantitative estimate of drug-likeness (QED) is 0.552. The summed E-state index contributed by atoms with van der Waals surface area (Å²) in [5.41, 5.74) is 6.31. The van der Waals surface area contributed by atoms with Crippen LogP contribution in [-0.4, -0.2) is 28.9 Å². The molecule has 1 aliphatic heterocycles. The lowest BCUT2D eigenvalue weighted by molar-refractivity contribution is 0.323. The van der Waals surface area contributed by atoms with Crippen molar-refractivity contribution < 1.29 is 4.74 Å². The lowest BCUT2D eigenvalue weighted by Crippen LogP contribution is -2.11. The molecule has 0 amide bonds. The average Bonchev–Trinajstić information content (AvgIpc) is 3.33. The summed E-state index contributed by atoms with van der Waals surface area (Å²) in [6.07, 6.45) is 2.10. The summed E-state index contributed by atoms with van der Waals surface area (Å²) in [6.45, 7) is 5.76. The lowest BCUT2D eigenvalue weighted by atomic mass is 10.1. The van der Waals surface area contributed by atoms with Crippen LogP contribution < -0.4 is 0 Å². The minimum atomic E-state index is 0.229. The van der Waals surface area contributed by atoms with Crippen LogP contribution in [0.1, 0.15) is 27.9 Å². The van der Waals surface area contributed by atoms with Gasteiger partial charge in [-0.3, -0.25) is 0 Å². The number of nitrogens with zero attached hydrogens (tertiary/aromatic N) is 2. The Morgan fingerprint density at radius 3 is 2.68 bits per heavy atom. The number of thioether (sulfide) groups is 1. The zero-order valence-electron chi connectivity index (χ0n) is 16.5. The van der Waals surface area contributed by atoms with Gasteiger partial charge in [0, 0.05) is 24.2 Å². The molecule has 4 rings (SSSR count). The third-order valence-corrected chi connectivity index (χ3v) is 6.05.